The van der Waals surface area contributed by atoms with Gasteiger partial charge in [-0.3, -0.25) is 0 Å². The van der Waals surface area contributed by atoms with Gasteiger partial charge in [-0.2, -0.15) is 0 Å². The van der Waals surface area contributed by atoms with E-state index in [1.807, 2.05) is 0 Å². The molecule has 0 aliphatic rings. The molecule has 1 atom stereocenters. The van der Waals surface area contributed by atoms with Crippen molar-refractivity contribution in [1.29, 1.82) is 0 Å². The summed E-state index contributed by atoms with van der Waals surface area (Å²) in [5.74, 6) is -0.280. The highest BCUT2D eigenvalue weighted by Crippen LogP contribution is 2.25. The van der Waals surface area contributed by atoms with Gasteiger partial charge in [0.1, 0.15) is 5.75 Å². The molecule has 2 nitrogen and oxygen atoms in total. The van der Waals surface area contributed by atoms with Gasteiger partial charge in [-0.25, -0.2) is 0 Å². The first-order chi connectivity index (χ1) is 6.92. The summed E-state index contributed by atoms with van der Waals surface area (Å²) < 4.78 is 39.4. The third-order valence-electron chi connectivity index (χ3n) is 1.73. The maximum absolute atomic E-state index is 11.9. The summed E-state index contributed by atoms with van der Waals surface area (Å²) in [5, 5.41) is 0. The summed E-state index contributed by atoms with van der Waals surface area (Å²) in [5.41, 5.74) is 6.09. The molecule has 0 fully saturated rings. The molecule has 90 valence electrons. The Kier molecular flexibility index (Phi) is 5.33. The van der Waals surface area contributed by atoms with Gasteiger partial charge in [0.05, 0.1) is 0 Å². The van der Waals surface area contributed by atoms with Crippen molar-refractivity contribution in [1.82, 2.24) is 0 Å². The largest absolute Gasteiger partial charge is 0.573 e. The molecule has 0 heterocycles. The average molecular weight is 254 g/mol. The molecule has 0 saturated heterocycles. The molecule has 1 aromatic rings. The van der Waals surface area contributed by atoms with Crippen molar-refractivity contribution in [3.63, 3.8) is 0 Å². The van der Waals surface area contributed by atoms with Gasteiger partial charge in [-0.05, 0) is 17.7 Å². The van der Waals surface area contributed by atoms with E-state index in [0.717, 1.165) is 0 Å². The van der Waals surface area contributed by atoms with Gasteiger partial charge in [0, 0.05) is 6.04 Å². The molecule has 0 amide bonds. The fraction of sp³-hybridized carbons (Fsp3) is 0.200. The minimum Gasteiger partial charge on any atom is -0.406 e. The molecule has 0 radical (unpaired) electrons. The summed E-state index contributed by atoms with van der Waals surface area (Å²) in [6.45, 7) is 3.45. The van der Waals surface area contributed by atoms with Crippen molar-refractivity contribution in [2.45, 2.75) is 12.4 Å². The van der Waals surface area contributed by atoms with Crippen LogP contribution < -0.4 is 10.5 Å². The number of nitrogens with two attached hydrogens (primary N) is 1. The number of hydrogen-bond acceptors (Lipinski definition) is 2. The zero-order valence-corrected chi connectivity index (χ0v) is 9.02. The molecule has 0 aromatic heterocycles. The summed E-state index contributed by atoms with van der Waals surface area (Å²) in [7, 11) is 0. The van der Waals surface area contributed by atoms with Crippen LogP contribution in [0.1, 0.15) is 11.6 Å². The molecule has 0 aliphatic carbocycles. The number of halogens is 4. The van der Waals surface area contributed by atoms with Crippen molar-refractivity contribution >= 4 is 12.4 Å². The summed E-state index contributed by atoms with van der Waals surface area (Å²) in [6.07, 6.45) is -3.25. The Morgan fingerprint density at radius 1 is 1.38 bits per heavy atom. The molecule has 0 unspecified atom stereocenters. The van der Waals surface area contributed by atoms with Gasteiger partial charge in [-0.15, -0.1) is 32.2 Å². The highest BCUT2D eigenvalue weighted by molar-refractivity contribution is 5.85. The topological polar surface area (TPSA) is 35.2 Å². The lowest BCUT2D eigenvalue weighted by Gasteiger charge is -2.11. The quantitative estimate of drug-likeness (QED) is 0.840. The summed E-state index contributed by atoms with van der Waals surface area (Å²) >= 11 is 0. The normalized spacial score (nSPS) is 12.5. The van der Waals surface area contributed by atoms with E-state index in [1.54, 1.807) is 6.07 Å². The number of alkyl halides is 3. The summed E-state index contributed by atoms with van der Waals surface area (Å²) in [6, 6.07) is 5.00. The van der Waals surface area contributed by atoms with Crippen molar-refractivity contribution in [3.8, 4) is 5.75 Å². The predicted octanol–water partition coefficient (Wildman–Crippen LogP) is 3.19. The fourth-order valence-electron chi connectivity index (χ4n) is 1.06. The second-order valence-electron chi connectivity index (χ2n) is 2.88. The number of ether oxygens (including phenoxy) is 1. The van der Waals surface area contributed by atoms with Crippen molar-refractivity contribution < 1.29 is 17.9 Å². The molecule has 2 N–H and O–H groups in total. The van der Waals surface area contributed by atoms with Crippen LogP contribution in [0.15, 0.2) is 36.9 Å². The van der Waals surface area contributed by atoms with Crippen LogP contribution >= 0.6 is 12.4 Å². The molecule has 6 heteroatoms. The van der Waals surface area contributed by atoms with E-state index < -0.39 is 12.4 Å². The molecule has 1 aromatic carbocycles. The molecule has 0 aliphatic heterocycles. The minimum absolute atomic E-state index is 0. The van der Waals surface area contributed by atoms with Crippen molar-refractivity contribution in [2.75, 3.05) is 0 Å². The van der Waals surface area contributed by atoms with Crippen LogP contribution in [0.5, 0.6) is 5.75 Å². The van der Waals surface area contributed by atoms with Crippen LogP contribution in [0.2, 0.25) is 0 Å². The molecule has 16 heavy (non-hydrogen) atoms. The van der Waals surface area contributed by atoms with Gasteiger partial charge in [0.15, 0.2) is 0 Å². The second-order valence-corrected chi connectivity index (χ2v) is 2.88. The first-order valence-corrected chi connectivity index (χ1v) is 4.16. The van der Waals surface area contributed by atoms with E-state index in [1.165, 1.54) is 24.3 Å². The van der Waals surface area contributed by atoms with Crippen LogP contribution in [-0.4, -0.2) is 6.36 Å². The predicted molar refractivity (Wildman–Crippen MR) is 57.5 cm³/mol. The lowest BCUT2D eigenvalue weighted by atomic mass is 10.1. The fourth-order valence-corrected chi connectivity index (χ4v) is 1.06. The van der Waals surface area contributed by atoms with Gasteiger partial charge in [0.2, 0.25) is 0 Å². The Balaban J connectivity index is 0.00000225. The Hall–Kier alpha value is -1.20. The molecule has 0 bridgehead atoms. The zero-order chi connectivity index (χ0) is 11.5. The van der Waals surface area contributed by atoms with E-state index in [-0.39, 0.29) is 18.2 Å². The SMILES string of the molecule is C=C[C@@H](N)c1cccc(OC(F)(F)F)c1.Cl. The Morgan fingerprint density at radius 3 is 2.50 bits per heavy atom. The number of benzene rings is 1. The lowest BCUT2D eigenvalue weighted by molar-refractivity contribution is -0.274. The van der Waals surface area contributed by atoms with Crippen LogP contribution in [0.4, 0.5) is 13.2 Å². The third-order valence-corrected chi connectivity index (χ3v) is 1.73. The summed E-state index contributed by atoms with van der Waals surface area (Å²) in [4.78, 5) is 0. The van der Waals surface area contributed by atoms with Gasteiger partial charge < -0.3 is 10.5 Å². The smallest absolute Gasteiger partial charge is 0.406 e. The highest BCUT2D eigenvalue weighted by atomic mass is 35.5. The molecular formula is C10H11ClF3NO. The molecule has 0 spiro atoms. The van der Waals surface area contributed by atoms with E-state index >= 15 is 0 Å². The van der Waals surface area contributed by atoms with E-state index in [4.69, 9.17) is 5.73 Å². The van der Waals surface area contributed by atoms with Crippen LogP contribution in [-0.2, 0) is 0 Å². The second kappa shape index (κ2) is 5.77. The van der Waals surface area contributed by atoms with Crippen LogP contribution in [0.3, 0.4) is 0 Å². The molecular weight excluding hydrogens is 243 g/mol. The maximum atomic E-state index is 11.9. The van der Waals surface area contributed by atoms with Crippen LogP contribution in [0, 0.1) is 0 Å². The van der Waals surface area contributed by atoms with E-state index in [2.05, 4.69) is 11.3 Å². The Morgan fingerprint density at radius 2 is 2.00 bits per heavy atom. The van der Waals surface area contributed by atoms with Crippen molar-refractivity contribution in [3.05, 3.63) is 42.5 Å². The van der Waals surface area contributed by atoms with Gasteiger partial charge >= 0.3 is 6.36 Å². The highest BCUT2D eigenvalue weighted by Gasteiger charge is 2.31. The third kappa shape index (κ3) is 4.55. The van der Waals surface area contributed by atoms with Crippen molar-refractivity contribution in [2.24, 2.45) is 5.73 Å². The van der Waals surface area contributed by atoms with Gasteiger partial charge in [-0.1, -0.05) is 18.2 Å². The number of hydrogen-bond donors (Lipinski definition) is 1. The van der Waals surface area contributed by atoms with E-state index in [9.17, 15) is 13.2 Å². The Labute approximate surface area is 97.3 Å². The monoisotopic (exact) mass is 253 g/mol. The van der Waals surface area contributed by atoms with Gasteiger partial charge in [0.25, 0.3) is 0 Å². The molecule has 1 rings (SSSR count). The number of rotatable bonds is 3. The first kappa shape index (κ1) is 14.8. The first-order valence-electron chi connectivity index (χ1n) is 4.16. The lowest BCUT2D eigenvalue weighted by Crippen LogP contribution is -2.17. The standard InChI is InChI=1S/C10H10F3NO.ClH/c1-2-9(14)7-4-3-5-8(6-7)15-10(11,12)13;/h2-6,9H,1,14H2;1H/t9-;/m1./s1. The zero-order valence-electron chi connectivity index (χ0n) is 8.20. The van der Waals surface area contributed by atoms with E-state index in [0.29, 0.717) is 5.56 Å². The minimum atomic E-state index is -4.68. The molecule has 0 saturated carbocycles. The van der Waals surface area contributed by atoms with Crippen LogP contribution in [0.25, 0.3) is 0 Å². The maximum Gasteiger partial charge on any atom is 0.573 e. The average Bonchev–Trinajstić information content (AvgIpc) is 2.14. The Bertz CT molecular complexity index is 354.